The molecule has 0 aromatic heterocycles. The van der Waals surface area contributed by atoms with Crippen LogP contribution in [0.1, 0.15) is 6.42 Å². The number of nitrogens with one attached hydrogen (secondary N) is 1. The molecule has 0 aliphatic carbocycles. The van der Waals surface area contributed by atoms with E-state index >= 15 is 0 Å². The van der Waals surface area contributed by atoms with Gasteiger partial charge in [0.05, 0.1) is 0 Å². The van der Waals surface area contributed by atoms with Crippen molar-refractivity contribution in [1.29, 1.82) is 0 Å². The van der Waals surface area contributed by atoms with Crippen molar-refractivity contribution in [1.82, 2.24) is 5.32 Å². The van der Waals surface area contributed by atoms with Crippen molar-refractivity contribution in [3.05, 3.63) is 0 Å². The van der Waals surface area contributed by atoms with Crippen molar-refractivity contribution in [3.63, 3.8) is 0 Å². The molecule has 4 heteroatoms. The normalized spacial score (nSPS) is 10.1. The molecule has 0 aromatic rings. The topological polar surface area (TPSA) is 44.6 Å². The van der Waals surface area contributed by atoms with Crippen LogP contribution < -0.4 is 5.32 Å². The summed E-state index contributed by atoms with van der Waals surface area (Å²) in [5, 5.41) is 13.0. The summed E-state index contributed by atoms with van der Waals surface area (Å²) in [6.45, 7) is 0.702. The van der Waals surface area contributed by atoms with Crippen molar-refractivity contribution in [3.8, 4) is 0 Å². The highest BCUT2D eigenvalue weighted by Crippen LogP contribution is 1.78. The van der Waals surface area contributed by atoms with E-state index in [4.69, 9.17) is 16.8 Å². The van der Waals surface area contributed by atoms with E-state index in [1.165, 1.54) is 0 Å². The summed E-state index contributed by atoms with van der Waals surface area (Å²) in [6, 6.07) is 0. The Bertz CT molecular complexity index is 67.1. The van der Waals surface area contributed by atoms with Gasteiger partial charge in [-0.1, -0.05) is 5.16 Å². The largest absolute Gasteiger partial charge is 0.409 e. The van der Waals surface area contributed by atoms with Gasteiger partial charge in [0.15, 0.2) is 0 Å². The fourth-order valence-corrected chi connectivity index (χ4v) is 0.380. The molecule has 47 valence electrons. The zero-order valence-corrected chi connectivity index (χ0v) is 5.15. The second-order valence-electron chi connectivity index (χ2n) is 1.18. The van der Waals surface area contributed by atoms with Gasteiger partial charge >= 0.3 is 0 Å². The van der Waals surface area contributed by atoms with E-state index in [9.17, 15) is 0 Å². The highest BCUT2D eigenvalue weighted by molar-refractivity contribution is 6.17. The van der Waals surface area contributed by atoms with Gasteiger partial charge in [-0.3, -0.25) is 0 Å². The van der Waals surface area contributed by atoms with Crippen LogP contribution >= 0.6 is 11.6 Å². The van der Waals surface area contributed by atoms with Crippen LogP contribution in [0.4, 0.5) is 0 Å². The van der Waals surface area contributed by atoms with Crippen LogP contribution in [0.2, 0.25) is 0 Å². The van der Waals surface area contributed by atoms with Crippen LogP contribution in [0.5, 0.6) is 0 Å². The maximum absolute atomic E-state index is 7.78. The molecule has 0 heterocycles. The van der Waals surface area contributed by atoms with E-state index < -0.39 is 0 Å². The lowest BCUT2D eigenvalue weighted by Gasteiger charge is -1.90. The Morgan fingerprint density at radius 3 is 3.00 bits per heavy atom. The molecule has 2 N–H and O–H groups in total. The molecule has 0 atom stereocenters. The SMILES string of the molecule is ON=[C]NCCCCl. The van der Waals surface area contributed by atoms with Gasteiger partial charge in [-0.25, -0.2) is 0 Å². The van der Waals surface area contributed by atoms with Crippen LogP contribution in [-0.2, 0) is 0 Å². The minimum atomic E-state index is 0.611. The van der Waals surface area contributed by atoms with Gasteiger partial charge in [0.2, 0.25) is 6.34 Å². The molecule has 0 aliphatic rings. The predicted molar refractivity (Wildman–Crippen MR) is 32.6 cm³/mol. The highest BCUT2D eigenvalue weighted by Gasteiger charge is 1.79. The lowest BCUT2D eigenvalue weighted by Crippen LogP contribution is -2.12. The van der Waals surface area contributed by atoms with Crippen molar-refractivity contribution >= 4 is 17.9 Å². The molecule has 0 spiro atoms. The van der Waals surface area contributed by atoms with Gasteiger partial charge in [0.1, 0.15) is 0 Å². The lowest BCUT2D eigenvalue weighted by molar-refractivity contribution is 0.319. The Morgan fingerprint density at radius 1 is 1.75 bits per heavy atom. The van der Waals surface area contributed by atoms with Crippen LogP contribution in [0.15, 0.2) is 5.16 Å². The standard InChI is InChI=1S/C4H8ClN2O/c5-2-1-3-6-4-7-8/h8H,1-3H2,(H,6,7). The number of hydrogen-bond donors (Lipinski definition) is 2. The molecule has 0 saturated heterocycles. The summed E-state index contributed by atoms with van der Waals surface area (Å²) in [5.74, 6) is 0.611. The summed E-state index contributed by atoms with van der Waals surface area (Å²) in [4.78, 5) is 0. The predicted octanol–water partition coefficient (Wildman–Crippen LogP) is 0.499. The zero-order chi connectivity index (χ0) is 6.24. The Morgan fingerprint density at radius 2 is 2.50 bits per heavy atom. The maximum Gasteiger partial charge on any atom is 0.211 e. The van der Waals surface area contributed by atoms with E-state index in [1.807, 2.05) is 0 Å². The minimum Gasteiger partial charge on any atom is -0.409 e. The second-order valence-corrected chi connectivity index (χ2v) is 1.56. The third-order valence-corrected chi connectivity index (χ3v) is 0.832. The summed E-state index contributed by atoms with van der Waals surface area (Å²) >= 11 is 5.32. The first-order valence-electron chi connectivity index (χ1n) is 2.29. The summed E-state index contributed by atoms with van der Waals surface area (Å²) in [6.07, 6.45) is 3.01. The molecule has 0 saturated carbocycles. The Kier molecular flexibility index (Phi) is 6.20. The smallest absolute Gasteiger partial charge is 0.211 e. The fraction of sp³-hybridized carbons (Fsp3) is 0.750. The number of hydrogen-bond acceptors (Lipinski definition) is 2. The molecule has 1 radical (unpaired) electrons. The minimum absolute atomic E-state index is 0.611. The summed E-state index contributed by atoms with van der Waals surface area (Å²) in [5.41, 5.74) is 0. The molecular formula is C4H8ClN2O. The van der Waals surface area contributed by atoms with Crippen LogP contribution in [0.3, 0.4) is 0 Å². The first kappa shape index (κ1) is 7.56. The Hall–Kier alpha value is -0.440. The van der Waals surface area contributed by atoms with Gasteiger partial charge in [0, 0.05) is 12.4 Å². The van der Waals surface area contributed by atoms with Crippen LogP contribution in [0.25, 0.3) is 0 Å². The van der Waals surface area contributed by atoms with Gasteiger partial charge in [0.25, 0.3) is 0 Å². The fourth-order valence-electron chi connectivity index (χ4n) is 0.246. The van der Waals surface area contributed by atoms with Crippen molar-refractivity contribution in [2.45, 2.75) is 6.42 Å². The third kappa shape index (κ3) is 5.56. The van der Waals surface area contributed by atoms with Gasteiger partial charge < -0.3 is 10.5 Å². The monoisotopic (exact) mass is 135 g/mol. The van der Waals surface area contributed by atoms with Gasteiger partial charge in [-0.2, -0.15) is 0 Å². The van der Waals surface area contributed by atoms with Crippen LogP contribution in [-0.4, -0.2) is 24.0 Å². The van der Waals surface area contributed by atoms with E-state index in [1.54, 1.807) is 0 Å². The zero-order valence-electron chi connectivity index (χ0n) is 4.39. The molecule has 0 bridgehead atoms. The molecule has 0 rings (SSSR count). The first-order valence-corrected chi connectivity index (χ1v) is 2.83. The molecule has 0 aliphatic heterocycles. The molecule has 3 nitrogen and oxygen atoms in total. The van der Waals surface area contributed by atoms with Crippen molar-refractivity contribution in [2.75, 3.05) is 12.4 Å². The molecule has 8 heavy (non-hydrogen) atoms. The molecule has 0 aromatic carbocycles. The molecule has 0 unspecified atom stereocenters. The lowest BCUT2D eigenvalue weighted by atomic mass is 10.5. The molecule has 0 fully saturated rings. The van der Waals surface area contributed by atoms with Gasteiger partial charge in [-0.05, 0) is 6.42 Å². The van der Waals surface area contributed by atoms with E-state index in [-0.39, 0.29) is 0 Å². The van der Waals surface area contributed by atoms with Crippen molar-refractivity contribution in [2.24, 2.45) is 5.16 Å². The quantitative estimate of drug-likeness (QED) is 0.112. The number of alkyl halides is 1. The molecule has 0 amide bonds. The number of rotatable bonds is 4. The maximum atomic E-state index is 7.78. The Balaban J connectivity index is 2.72. The second kappa shape index (κ2) is 6.56. The average Bonchev–Trinajstić information content (AvgIpc) is 1.81. The highest BCUT2D eigenvalue weighted by atomic mass is 35.5. The van der Waals surface area contributed by atoms with E-state index in [0.29, 0.717) is 12.4 Å². The average molecular weight is 136 g/mol. The molecular weight excluding hydrogens is 128 g/mol. The van der Waals surface area contributed by atoms with E-state index in [2.05, 4.69) is 16.8 Å². The summed E-state index contributed by atoms with van der Waals surface area (Å²) in [7, 11) is 0. The van der Waals surface area contributed by atoms with Crippen LogP contribution in [0, 0.1) is 0 Å². The first-order chi connectivity index (χ1) is 3.91. The number of nitrogens with zero attached hydrogens (tertiary/aromatic N) is 1. The van der Waals surface area contributed by atoms with E-state index in [0.717, 1.165) is 6.42 Å². The Labute approximate surface area is 53.3 Å². The number of halogens is 1. The van der Waals surface area contributed by atoms with Crippen molar-refractivity contribution < 1.29 is 5.21 Å². The van der Waals surface area contributed by atoms with Gasteiger partial charge in [-0.15, -0.1) is 11.6 Å². The summed E-state index contributed by atoms with van der Waals surface area (Å²) < 4.78 is 0. The third-order valence-electron chi connectivity index (χ3n) is 0.564.